The molecule has 0 unspecified atom stereocenters. The second-order valence-corrected chi connectivity index (χ2v) is 7.84. The van der Waals surface area contributed by atoms with E-state index in [1.54, 1.807) is 17.9 Å². The Morgan fingerprint density at radius 2 is 1.96 bits per heavy atom. The van der Waals surface area contributed by atoms with Crippen LogP contribution in [0.5, 0.6) is 0 Å². The fourth-order valence-corrected chi connectivity index (χ4v) is 4.08. The molecular weight excluding hydrogens is 444 g/mol. The summed E-state index contributed by atoms with van der Waals surface area (Å²) in [6.45, 7) is 6.72. The Labute approximate surface area is 175 Å². The van der Waals surface area contributed by atoms with E-state index in [9.17, 15) is 14.4 Å². The van der Waals surface area contributed by atoms with Crippen LogP contribution >= 0.6 is 27.3 Å². The third-order valence-corrected chi connectivity index (χ3v) is 5.57. The molecule has 1 aromatic heterocycles. The van der Waals surface area contributed by atoms with Gasteiger partial charge in [0.15, 0.2) is 0 Å². The van der Waals surface area contributed by atoms with E-state index in [1.807, 2.05) is 38.1 Å². The number of carbonyl (C=O) groups excluding carboxylic acids is 2. The number of thiazole rings is 1. The van der Waals surface area contributed by atoms with Gasteiger partial charge < -0.3 is 9.64 Å². The lowest BCUT2D eigenvalue weighted by atomic mass is 10.2. The minimum atomic E-state index is -0.540. The van der Waals surface area contributed by atoms with E-state index in [0.29, 0.717) is 22.3 Å². The maximum Gasteiger partial charge on any atom is 0.333 e. The Hall–Kier alpha value is -2.19. The molecule has 150 valence electrons. The van der Waals surface area contributed by atoms with Crippen molar-refractivity contribution in [2.75, 3.05) is 19.7 Å². The molecule has 0 N–H and O–H groups in total. The number of esters is 1. The zero-order valence-electron chi connectivity index (χ0n) is 16.1. The zero-order valence-corrected chi connectivity index (χ0v) is 18.5. The molecule has 0 fully saturated rings. The lowest BCUT2D eigenvalue weighted by Crippen LogP contribution is -2.40. The van der Waals surface area contributed by atoms with E-state index in [2.05, 4.69) is 15.9 Å². The van der Waals surface area contributed by atoms with Crippen LogP contribution in [0.25, 0.3) is 12.2 Å². The van der Waals surface area contributed by atoms with E-state index in [0.717, 1.165) is 21.4 Å². The monoisotopic (exact) mass is 466 g/mol. The standard InChI is InChI=1S/C20H23BrN2O4S/c1-4-22(5-2)17(24)13-23-18(12-19(25)27-6-3)28-16(20(23)26)11-14-8-7-9-15(21)10-14/h7-12H,4-6,13H2,1-3H3/b16-11-,18-12-. The van der Waals surface area contributed by atoms with Crippen molar-refractivity contribution in [2.45, 2.75) is 27.3 Å². The van der Waals surface area contributed by atoms with Crippen molar-refractivity contribution in [3.05, 3.63) is 53.9 Å². The summed E-state index contributed by atoms with van der Waals surface area (Å²) < 4.78 is 8.04. The summed E-state index contributed by atoms with van der Waals surface area (Å²) in [4.78, 5) is 39.0. The highest BCUT2D eigenvalue weighted by molar-refractivity contribution is 9.10. The lowest BCUT2D eigenvalue weighted by Gasteiger charge is -2.18. The van der Waals surface area contributed by atoms with Gasteiger partial charge in [0, 0.05) is 17.6 Å². The number of ether oxygens (including phenoxy) is 1. The van der Waals surface area contributed by atoms with Gasteiger partial charge >= 0.3 is 5.97 Å². The zero-order chi connectivity index (χ0) is 20.7. The Bertz CT molecular complexity index is 1020. The van der Waals surface area contributed by atoms with Crippen molar-refractivity contribution >= 4 is 51.3 Å². The molecule has 1 heterocycles. The third kappa shape index (κ3) is 5.65. The quantitative estimate of drug-likeness (QED) is 0.582. The molecule has 8 heteroatoms. The van der Waals surface area contributed by atoms with E-state index in [-0.39, 0.29) is 24.6 Å². The van der Waals surface area contributed by atoms with Gasteiger partial charge in [-0.3, -0.25) is 14.2 Å². The van der Waals surface area contributed by atoms with Crippen LogP contribution < -0.4 is 14.8 Å². The highest BCUT2D eigenvalue weighted by Gasteiger charge is 2.14. The van der Waals surface area contributed by atoms with Crippen LogP contribution in [0, 0.1) is 0 Å². The number of rotatable bonds is 7. The fourth-order valence-electron chi connectivity index (χ4n) is 2.64. The smallest absolute Gasteiger partial charge is 0.333 e. The van der Waals surface area contributed by atoms with Crippen molar-refractivity contribution in [3.63, 3.8) is 0 Å². The van der Waals surface area contributed by atoms with Crippen molar-refractivity contribution in [1.29, 1.82) is 0 Å². The number of halogens is 1. The van der Waals surface area contributed by atoms with Crippen molar-refractivity contribution in [3.8, 4) is 0 Å². The maximum atomic E-state index is 12.9. The number of amides is 1. The first-order valence-corrected chi connectivity index (χ1v) is 10.6. The summed E-state index contributed by atoms with van der Waals surface area (Å²) >= 11 is 4.57. The largest absolute Gasteiger partial charge is 0.463 e. The molecule has 2 rings (SSSR count). The fraction of sp³-hybridized carbons (Fsp3) is 0.350. The Kier molecular flexibility index (Phi) is 8.19. The average molecular weight is 467 g/mol. The van der Waals surface area contributed by atoms with Crippen molar-refractivity contribution < 1.29 is 14.3 Å². The molecule has 0 aliphatic rings. The van der Waals surface area contributed by atoms with Gasteiger partial charge in [0.1, 0.15) is 11.2 Å². The van der Waals surface area contributed by atoms with Crippen LogP contribution in [0.3, 0.4) is 0 Å². The van der Waals surface area contributed by atoms with Gasteiger partial charge in [0.2, 0.25) is 5.91 Å². The number of benzene rings is 1. The summed E-state index contributed by atoms with van der Waals surface area (Å²) in [7, 11) is 0. The molecule has 0 saturated heterocycles. The van der Waals surface area contributed by atoms with E-state index in [4.69, 9.17) is 4.74 Å². The molecule has 0 radical (unpaired) electrons. The van der Waals surface area contributed by atoms with Crippen LogP contribution in [0.4, 0.5) is 0 Å². The van der Waals surface area contributed by atoms with Gasteiger partial charge in [-0.05, 0) is 44.5 Å². The number of carbonyl (C=O) groups is 2. The summed E-state index contributed by atoms with van der Waals surface area (Å²) in [6.07, 6.45) is 3.02. The first-order valence-electron chi connectivity index (χ1n) is 9.02. The molecule has 1 aromatic carbocycles. The Morgan fingerprint density at radius 1 is 1.25 bits per heavy atom. The molecule has 0 atom stereocenters. The van der Waals surface area contributed by atoms with Gasteiger partial charge in [0.25, 0.3) is 5.56 Å². The molecule has 1 amide bonds. The summed E-state index contributed by atoms with van der Waals surface area (Å²) in [5.74, 6) is -0.709. The lowest BCUT2D eigenvalue weighted by molar-refractivity contribution is -0.135. The average Bonchev–Trinajstić information content (AvgIpc) is 2.91. The topological polar surface area (TPSA) is 68.6 Å². The van der Waals surface area contributed by atoms with Gasteiger partial charge in [-0.25, -0.2) is 4.79 Å². The Balaban J connectivity index is 2.58. The summed E-state index contributed by atoms with van der Waals surface area (Å²) in [5, 5.41) is 0. The van der Waals surface area contributed by atoms with Crippen LogP contribution in [-0.4, -0.2) is 41.0 Å². The number of aromatic nitrogens is 1. The molecule has 6 nitrogen and oxygen atoms in total. The number of hydrogen-bond acceptors (Lipinski definition) is 5. The van der Waals surface area contributed by atoms with Crippen LogP contribution in [-0.2, 0) is 20.9 Å². The Morgan fingerprint density at radius 3 is 2.57 bits per heavy atom. The second kappa shape index (κ2) is 10.4. The third-order valence-electron chi connectivity index (χ3n) is 4.02. The minimum Gasteiger partial charge on any atom is -0.463 e. The van der Waals surface area contributed by atoms with Gasteiger partial charge in [-0.2, -0.15) is 0 Å². The normalized spacial score (nSPS) is 12.3. The van der Waals surface area contributed by atoms with Gasteiger partial charge in [-0.15, -0.1) is 11.3 Å². The molecular formula is C20H23BrN2O4S. The summed E-state index contributed by atoms with van der Waals surface area (Å²) in [5.41, 5.74) is 0.540. The van der Waals surface area contributed by atoms with E-state index in [1.165, 1.54) is 10.6 Å². The predicted octanol–water partition coefficient (Wildman–Crippen LogP) is 1.71. The molecule has 28 heavy (non-hydrogen) atoms. The van der Waals surface area contributed by atoms with Gasteiger partial charge in [0.05, 0.1) is 17.2 Å². The molecule has 0 spiro atoms. The van der Waals surface area contributed by atoms with Crippen LogP contribution in [0.1, 0.15) is 26.3 Å². The first kappa shape index (κ1) is 22.1. The van der Waals surface area contributed by atoms with E-state index < -0.39 is 5.97 Å². The molecule has 0 bridgehead atoms. The molecule has 0 aliphatic carbocycles. The number of nitrogens with zero attached hydrogens (tertiary/aromatic N) is 2. The molecule has 0 saturated carbocycles. The minimum absolute atomic E-state index is 0.116. The first-order chi connectivity index (χ1) is 13.4. The highest BCUT2D eigenvalue weighted by Crippen LogP contribution is 2.11. The van der Waals surface area contributed by atoms with Gasteiger partial charge in [-0.1, -0.05) is 28.1 Å². The summed E-state index contributed by atoms with van der Waals surface area (Å²) in [6, 6.07) is 7.54. The van der Waals surface area contributed by atoms with Crippen LogP contribution in [0.2, 0.25) is 0 Å². The number of likely N-dealkylation sites (N-methyl/N-ethyl adjacent to an activating group) is 1. The molecule has 0 aliphatic heterocycles. The van der Waals surface area contributed by atoms with E-state index >= 15 is 0 Å². The predicted molar refractivity (Wildman–Crippen MR) is 115 cm³/mol. The second-order valence-electron chi connectivity index (χ2n) is 5.86. The van der Waals surface area contributed by atoms with Crippen LogP contribution in [0.15, 0.2) is 33.5 Å². The van der Waals surface area contributed by atoms with Crippen molar-refractivity contribution in [1.82, 2.24) is 9.47 Å². The highest BCUT2D eigenvalue weighted by atomic mass is 79.9. The number of hydrogen-bond donors (Lipinski definition) is 0. The molecule has 2 aromatic rings. The van der Waals surface area contributed by atoms with Crippen molar-refractivity contribution in [2.24, 2.45) is 0 Å². The maximum absolute atomic E-state index is 12.9. The SMILES string of the molecule is CCOC(=O)/C=c1\s/c(=C\c2cccc(Br)c2)c(=O)n1CC(=O)N(CC)CC.